The zero-order valence-electron chi connectivity index (χ0n) is 14.0. The van der Waals surface area contributed by atoms with Gasteiger partial charge in [-0.05, 0) is 32.1 Å². The van der Waals surface area contributed by atoms with Crippen LogP contribution in [-0.2, 0) is 9.84 Å². The monoisotopic (exact) mass is 318 g/mol. The van der Waals surface area contributed by atoms with Crippen LogP contribution < -0.4 is 5.32 Å². The van der Waals surface area contributed by atoms with E-state index in [2.05, 4.69) is 26.1 Å². The fourth-order valence-corrected chi connectivity index (χ4v) is 4.10. The maximum atomic E-state index is 12.1. The smallest absolute Gasteiger partial charge is 0.317 e. The predicted octanol–water partition coefficient (Wildman–Crippen LogP) is 2.42. The second-order valence-electron chi connectivity index (χ2n) is 7.26. The summed E-state index contributed by atoms with van der Waals surface area (Å²) in [6.07, 6.45) is 3.18. The van der Waals surface area contributed by atoms with E-state index in [1.54, 1.807) is 18.7 Å². The predicted molar refractivity (Wildman–Crippen MR) is 86.1 cm³/mol. The topological polar surface area (TPSA) is 66.5 Å². The van der Waals surface area contributed by atoms with E-state index in [0.717, 1.165) is 19.3 Å². The molecular weight excluding hydrogens is 288 g/mol. The van der Waals surface area contributed by atoms with Crippen molar-refractivity contribution in [3.8, 4) is 0 Å². The number of amides is 2. The molecule has 0 aliphatic carbocycles. The molecule has 1 rings (SSSR count). The van der Waals surface area contributed by atoms with Gasteiger partial charge in [-0.3, -0.25) is 0 Å². The van der Waals surface area contributed by atoms with Crippen molar-refractivity contribution in [2.75, 3.05) is 18.8 Å². The van der Waals surface area contributed by atoms with Crippen LogP contribution in [0.15, 0.2) is 0 Å². The lowest BCUT2D eigenvalue weighted by molar-refractivity contribution is 0.178. The van der Waals surface area contributed by atoms with Crippen LogP contribution in [0.3, 0.4) is 0 Å². The van der Waals surface area contributed by atoms with Crippen molar-refractivity contribution in [1.82, 2.24) is 10.2 Å². The summed E-state index contributed by atoms with van der Waals surface area (Å²) in [7, 11) is -3.04. The van der Waals surface area contributed by atoms with Gasteiger partial charge in [-0.1, -0.05) is 27.2 Å². The molecule has 1 heterocycles. The van der Waals surface area contributed by atoms with Crippen molar-refractivity contribution in [3.05, 3.63) is 0 Å². The van der Waals surface area contributed by atoms with E-state index in [1.165, 1.54) is 0 Å². The quantitative estimate of drug-likeness (QED) is 0.810. The summed E-state index contributed by atoms with van der Waals surface area (Å²) < 4.78 is 23.6. The van der Waals surface area contributed by atoms with E-state index in [0.29, 0.717) is 18.5 Å². The van der Waals surface area contributed by atoms with E-state index in [9.17, 15) is 13.2 Å². The second-order valence-corrected chi connectivity index (χ2v) is 9.73. The number of nitrogens with one attached hydrogen (secondary N) is 1. The molecule has 0 aromatic rings. The average Bonchev–Trinajstić information content (AvgIpc) is 2.34. The second kappa shape index (κ2) is 6.99. The first-order valence-electron chi connectivity index (χ1n) is 7.81. The summed E-state index contributed by atoms with van der Waals surface area (Å²) in [6.45, 7) is 11.1. The highest BCUT2D eigenvalue weighted by molar-refractivity contribution is 7.92. The number of rotatable bonds is 4. The fourth-order valence-electron chi connectivity index (χ4n) is 2.53. The van der Waals surface area contributed by atoms with Gasteiger partial charge in [0, 0.05) is 19.1 Å². The molecular formula is C15H30N2O3S. The summed E-state index contributed by atoms with van der Waals surface area (Å²) in [5, 5.41) is 2.42. The molecule has 5 nitrogen and oxygen atoms in total. The minimum absolute atomic E-state index is 0.0654. The Morgan fingerprint density at radius 3 is 2.43 bits per heavy atom. The molecule has 2 amide bonds. The molecule has 0 spiro atoms. The third-order valence-electron chi connectivity index (χ3n) is 4.24. The lowest BCUT2D eigenvalue weighted by atomic mass is 9.90. The highest BCUT2D eigenvalue weighted by Crippen LogP contribution is 2.21. The number of nitrogens with zero attached hydrogens (tertiary/aromatic N) is 1. The Labute approximate surface area is 129 Å². The summed E-state index contributed by atoms with van der Waals surface area (Å²) >= 11 is 0. The van der Waals surface area contributed by atoms with Crippen molar-refractivity contribution in [2.45, 2.75) is 65.2 Å². The summed E-state index contributed by atoms with van der Waals surface area (Å²) in [5.41, 5.74) is 0.329. The zero-order valence-corrected chi connectivity index (χ0v) is 14.8. The van der Waals surface area contributed by atoms with Gasteiger partial charge in [0.25, 0.3) is 0 Å². The number of unbranched alkanes of at least 4 members (excludes halogenated alkanes) is 1. The van der Waals surface area contributed by atoms with Gasteiger partial charge in [0.05, 0.1) is 11.0 Å². The molecule has 1 aliphatic heterocycles. The van der Waals surface area contributed by atoms with E-state index in [1.807, 2.05) is 0 Å². The van der Waals surface area contributed by atoms with Crippen LogP contribution in [0.25, 0.3) is 0 Å². The summed E-state index contributed by atoms with van der Waals surface area (Å²) in [5.74, 6) is 0.0654. The van der Waals surface area contributed by atoms with Crippen molar-refractivity contribution < 1.29 is 13.2 Å². The van der Waals surface area contributed by atoms with Crippen LogP contribution in [-0.4, -0.2) is 49.5 Å². The van der Waals surface area contributed by atoms with Gasteiger partial charge in [0.1, 0.15) is 0 Å². The minimum atomic E-state index is -3.04. The summed E-state index contributed by atoms with van der Waals surface area (Å²) in [4.78, 5) is 13.8. The van der Waals surface area contributed by atoms with Gasteiger partial charge in [-0.2, -0.15) is 0 Å². The van der Waals surface area contributed by atoms with Crippen molar-refractivity contribution in [3.63, 3.8) is 0 Å². The number of carbonyl (C=O) groups excluding carboxylic acids is 1. The van der Waals surface area contributed by atoms with Crippen LogP contribution in [0, 0.1) is 5.41 Å². The number of sulfone groups is 1. The van der Waals surface area contributed by atoms with E-state index in [-0.39, 0.29) is 17.8 Å². The highest BCUT2D eigenvalue weighted by Gasteiger charge is 2.37. The van der Waals surface area contributed by atoms with Crippen LogP contribution in [0.2, 0.25) is 0 Å². The number of urea groups is 1. The third kappa shape index (κ3) is 5.49. The molecule has 1 N–H and O–H groups in total. The van der Waals surface area contributed by atoms with Gasteiger partial charge >= 0.3 is 6.03 Å². The molecule has 2 atom stereocenters. The molecule has 0 aromatic heterocycles. The Kier molecular flexibility index (Phi) is 6.08. The van der Waals surface area contributed by atoms with Crippen molar-refractivity contribution in [2.24, 2.45) is 5.41 Å². The molecule has 0 radical (unpaired) electrons. The average molecular weight is 318 g/mol. The van der Waals surface area contributed by atoms with E-state index in [4.69, 9.17) is 0 Å². The lowest BCUT2D eigenvalue weighted by Crippen LogP contribution is -2.56. The molecule has 6 heteroatoms. The van der Waals surface area contributed by atoms with E-state index < -0.39 is 15.1 Å². The first kappa shape index (κ1) is 18.3. The SMILES string of the molecule is CC1C(C)S(=O)(=O)CCN1C(=O)NCCCCC(C)(C)C. The molecule has 21 heavy (non-hydrogen) atoms. The number of hydrogen-bond acceptors (Lipinski definition) is 3. The van der Waals surface area contributed by atoms with Gasteiger partial charge in [-0.25, -0.2) is 13.2 Å². The molecule has 1 aliphatic rings. The Balaban J connectivity index is 2.36. The molecule has 124 valence electrons. The Morgan fingerprint density at radius 1 is 1.24 bits per heavy atom. The Hall–Kier alpha value is -0.780. The normalized spacial score (nSPS) is 25.7. The third-order valence-corrected chi connectivity index (χ3v) is 6.52. The van der Waals surface area contributed by atoms with E-state index >= 15 is 0 Å². The van der Waals surface area contributed by atoms with Gasteiger partial charge in [0.2, 0.25) is 0 Å². The lowest BCUT2D eigenvalue weighted by Gasteiger charge is -2.37. The maximum absolute atomic E-state index is 12.1. The van der Waals surface area contributed by atoms with Crippen LogP contribution in [0.5, 0.6) is 0 Å². The molecule has 0 bridgehead atoms. The number of carbonyl (C=O) groups is 1. The number of hydrogen-bond donors (Lipinski definition) is 1. The molecule has 2 unspecified atom stereocenters. The van der Waals surface area contributed by atoms with Crippen molar-refractivity contribution >= 4 is 15.9 Å². The standard InChI is InChI=1S/C15H30N2O3S/c1-12-13(2)21(19,20)11-10-17(12)14(18)16-9-7-6-8-15(3,4)5/h12-13H,6-11H2,1-5H3,(H,16,18). The van der Waals surface area contributed by atoms with Gasteiger partial charge in [0.15, 0.2) is 9.84 Å². The first-order valence-corrected chi connectivity index (χ1v) is 9.52. The van der Waals surface area contributed by atoms with Gasteiger partial charge < -0.3 is 10.2 Å². The van der Waals surface area contributed by atoms with Gasteiger partial charge in [-0.15, -0.1) is 0 Å². The molecule has 0 saturated carbocycles. The maximum Gasteiger partial charge on any atom is 0.317 e. The molecule has 0 aromatic carbocycles. The molecule has 1 fully saturated rings. The highest BCUT2D eigenvalue weighted by atomic mass is 32.2. The van der Waals surface area contributed by atoms with Crippen LogP contribution in [0.1, 0.15) is 53.9 Å². The Morgan fingerprint density at radius 2 is 1.86 bits per heavy atom. The first-order chi connectivity index (χ1) is 9.54. The largest absolute Gasteiger partial charge is 0.338 e. The van der Waals surface area contributed by atoms with Crippen LogP contribution >= 0.6 is 0 Å². The molecule has 1 saturated heterocycles. The minimum Gasteiger partial charge on any atom is -0.338 e. The Bertz CT molecular complexity index is 454. The van der Waals surface area contributed by atoms with Crippen LogP contribution in [0.4, 0.5) is 4.79 Å². The summed E-state index contributed by atoms with van der Waals surface area (Å²) in [6, 6.07) is -0.404. The zero-order chi connectivity index (χ0) is 16.3. The fraction of sp³-hybridized carbons (Fsp3) is 0.933. The van der Waals surface area contributed by atoms with Crippen molar-refractivity contribution in [1.29, 1.82) is 0 Å².